The van der Waals surface area contributed by atoms with Crippen LogP contribution in [0.3, 0.4) is 0 Å². The van der Waals surface area contributed by atoms with Crippen LogP contribution in [0.25, 0.3) is 33.4 Å². The molecule has 0 aliphatic carbocycles. The van der Waals surface area contributed by atoms with E-state index < -0.39 is 0 Å². The Bertz CT molecular complexity index is 2890. The number of aromatic nitrogens is 4. The molecule has 11 rings (SSSR count). The van der Waals surface area contributed by atoms with Gasteiger partial charge in [0.2, 0.25) is 0 Å². The Morgan fingerprint density at radius 2 is 0.831 bits per heavy atom. The molecule has 2 aliphatic rings. The molecule has 4 heterocycles. The van der Waals surface area contributed by atoms with Crippen molar-refractivity contribution in [3.05, 3.63) is 175 Å². The maximum atomic E-state index is 4.88. The minimum atomic E-state index is -0.208. The van der Waals surface area contributed by atoms with Crippen molar-refractivity contribution in [1.29, 1.82) is 0 Å². The van der Waals surface area contributed by atoms with E-state index in [1.165, 1.54) is 50.3 Å². The zero-order valence-electron chi connectivity index (χ0n) is 34.3. The van der Waals surface area contributed by atoms with Crippen molar-refractivity contribution in [2.24, 2.45) is 0 Å². The highest BCUT2D eigenvalue weighted by Crippen LogP contribution is 2.49. The second-order valence-electron chi connectivity index (χ2n) is 18.1. The van der Waals surface area contributed by atoms with Crippen LogP contribution in [0.2, 0.25) is 0 Å². The van der Waals surface area contributed by atoms with Gasteiger partial charge in [0.15, 0.2) is 0 Å². The molecule has 0 unspecified atom stereocenters. The third-order valence-corrected chi connectivity index (χ3v) is 12.3. The van der Waals surface area contributed by atoms with Gasteiger partial charge in [-0.25, -0.2) is 9.97 Å². The molecule has 7 aromatic carbocycles. The van der Waals surface area contributed by atoms with Crippen LogP contribution in [-0.2, 0) is 10.8 Å². The second-order valence-corrected chi connectivity index (χ2v) is 18.1. The minimum Gasteiger partial charge on any atom is -0.311 e. The molecule has 0 radical (unpaired) electrons. The quantitative estimate of drug-likeness (QED) is 0.167. The minimum absolute atomic E-state index is 0.0993. The van der Waals surface area contributed by atoms with Crippen LogP contribution < -0.4 is 26.2 Å². The van der Waals surface area contributed by atoms with Gasteiger partial charge in [0.1, 0.15) is 12.7 Å². The maximum absolute atomic E-state index is 4.88. The maximum Gasteiger partial charge on any atom is 0.252 e. The lowest BCUT2D eigenvalue weighted by atomic mass is 9.33. The van der Waals surface area contributed by atoms with Crippen LogP contribution >= 0.6 is 0 Å². The molecule has 286 valence electrons. The standard InChI is InChI=1S/C52H45BN6/c1-51(2,3)38-28-36(56-32-54-42-22-13-15-24-44(42)56)30-40-49(38)58(34-18-9-7-10-19-34)46-26-17-27-47-48(46)53(40)41-31-37(57-33-55-43-23-14-16-25-45(43)57)29-39(52(4,5)6)50(41)59(47)35-20-11-8-12-21-35/h7-33H,1-6H3. The number of nitrogens with zero attached hydrogens (tertiary/aromatic N) is 6. The summed E-state index contributed by atoms with van der Waals surface area (Å²) in [6.45, 7) is 14.0. The van der Waals surface area contributed by atoms with Gasteiger partial charge in [0.25, 0.3) is 6.71 Å². The summed E-state index contributed by atoms with van der Waals surface area (Å²) in [7, 11) is 0. The van der Waals surface area contributed by atoms with Crippen LogP contribution in [0.1, 0.15) is 52.7 Å². The zero-order chi connectivity index (χ0) is 40.2. The van der Waals surface area contributed by atoms with Gasteiger partial charge in [-0.3, -0.25) is 9.13 Å². The Balaban J connectivity index is 1.31. The summed E-state index contributed by atoms with van der Waals surface area (Å²) >= 11 is 0. The van der Waals surface area contributed by atoms with E-state index >= 15 is 0 Å². The SMILES string of the molecule is CC(C)(C)c1cc(-n2cnc3ccccc32)cc2c1N(c1ccccc1)c1cccc3c1B2c1cc(-n2cnc4ccccc42)cc(C(C)(C)C)c1N3c1ccccc1. The molecule has 9 aromatic rings. The average molecular weight is 765 g/mol. The van der Waals surface area contributed by atoms with Gasteiger partial charge in [-0.1, -0.05) is 108 Å². The molecule has 6 nitrogen and oxygen atoms in total. The van der Waals surface area contributed by atoms with Crippen LogP contribution in [-0.4, -0.2) is 25.8 Å². The van der Waals surface area contributed by atoms with Crippen molar-refractivity contribution in [2.75, 3.05) is 9.80 Å². The molecule has 7 heteroatoms. The fourth-order valence-corrected chi connectivity index (χ4v) is 9.61. The van der Waals surface area contributed by atoms with E-state index in [0.29, 0.717) is 0 Å². The molecule has 0 atom stereocenters. The van der Waals surface area contributed by atoms with Crippen molar-refractivity contribution in [2.45, 2.75) is 52.4 Å². The molecule has 0 N–H and O–H groups in total. The summed E-state index contributed by atoms with van der Waals surface area (Å²) in [5.41, 5.74) is 19.5. The van der Waals surface area contributed by atoms with Crippen molar-refractivity contribution in [3.8, 4) is 11.4 Å². The van der Waals surface area contributed by atoms with E-state index in [2.05, 4.69) is 212 Å². The van der Waals surface area contributed by atoms with Gasteiger partial charge in [0.05, 0.1) is 22.1 Å². The molecular formula is C52H45BN6. The van der Waals surface area contributed by atoms with Crippen molar-refractivity contribution in [1.82, 2.24) is 19.1 Å². The molecule has 0 bridgehead atoms. The average Bonchev–Trinajstić information content (AvgIpc) is 3.88. The monoisotopic (exact) mass is 764 g/mol. The summed E-state index contributed by atoms with van der Waals surface area (Å²) in [5.74, 6) is 0. The van der Waals surface area contributed by atoms with Crippen LogP contribution in [0.5, 0.6) is 0 Å². The molecule has 59 heavy (non-hydrogen) atoms. The van der Waals surface area contributed by atoms with Gasteiger partial charge in [-0.05, 0) is 123 Å². The molecule has 2 aliphatic heterocycles. The first kappa shape index (κ1) is 35.3. The van der Waals surface area contributed by atoms with Crippen LogP contribution in [0.4, 0.5) is 34.1 Å². The van der Waals surface area contributed by atoms with Crippen molar-refractivity contribution < 1.29 is 0 Å². The first-order chi connectivity index (χ1) is 28.6. The highest BCUT2D eigenvalue weighted by molar-refractivity contribution is 7.00. The first-order valence-corrected chi connectivity index (χ1v) is 20.6. The van der Waals surface area contributed by atoms with Crippen LogP contribution in [0.15, 0.2) is 164 Å². The predicted octanol–water partition coefficient (Wildman–Crippen LogP) is 11.0. The van der Waals surface area contributed by atoms with Gasteiger partial charge in [-0.15, -0.1) is 0 Å². The van der Waals surface area contributed by atoms with Crippen molar-refractivity contribution in [3.63, 3.8) is 0 Å². The summed E-state index contributed by atoms with van der Waals surface area (Å²) in [6, 6.07) is 55.4. The third-order valence-electron chi connectivity index (χ3n) is 12.3. The normalized spacial score (nSPS) is 13.5. The number of benzene rings is 7. The first-order valence-electron chi connectivity index (χ1n) is 20.6. The van der Waals surface area contributed by atoms with E-state index in [1.54, 1.807) is 0 Å². The molecule has 0 spiro atoms. The Morgan fingerprint density at radius 3 is 1.25 bits per heavy atom. The van der Waals surface area contributed by atoms with Gasteiger partial charge in [0, 0.05) is 45.5 Å². The van der Waals surface area contributed by atoms with Gasteiger partial charge in [-0.2, -0.15) is 0 Å². The molecule has 0 fully saturated rings. The molecule has 0 saturated carbocycles. The van der Waals surface area contributed by atoms with Crippen molar-refractivity contribution >= 4 is 79.3 Å². The van der Waals surface area contributed by atoms with Gasteiger partial charge >= 0.3 is 0 Å². The number of rotatable bonds is 4. The number of hydrogen-bond donors (Lipinski definition) is 0. The Hall–Kier alpha value is -6.86. The van der Waals surface area contributed by atoms with Gasteiger partial charge < -0.3 is 9.80 Å². The topological polar surface area (TPSA) is 42.1 Å². The predicted molar refractivity (Wildman–Crippen MR) is 247 cm³/mol. The summed E-state index contributed by atoms with van der Waals surface area (Å²) in [5, 5.41) is 0. The lowest BCUT2D eigenvalue weighted by Gasteiger charge is -2.47. The summed E-state index contributed by atoms with van der Waals surface area (Å²) in [6.07, 6.45) is 3.98. The zero-order valence-corrected chi connectivity index (χ0v) is 34.3. The van der Waals surface area contributed by atoms with E-state index in [0.717, 1.165) is 44.8 Å². The number of fused-ring (bicyclic) bond motifs is 6. The second kappa shape index (κ2) is 12.8. The molecule has 0 amide bonds. The third kappa shape index (κ3) is 5.41. The van der Waals surface area contributed by atoms with E-state index in [4.69, 9.17) is 9.97 Å². The largest absolute Gasteiger partial charge is 0.311 e. The molecule has 0 saturated heterocycles. The summed E-state index contributed by atoms with van der Waals surface area (Å²) < 4.78 is 4.54. The Kier molecular flexibility index (Phi) is 7.68. The van der Waals surface area contributed by atoms with E-state index in [-0.39, 0.29) is 17.5 Å². The molecular weight excluding hydrogens is 719 g/mol. The lowest BCUT2D eigenvalue weighted by Crippen LogP contribution is -2.62. The Morgan fingerprint density at radius 1 is 0.424 bits per heavy atom. The fraction of sp³-hybridized carbons (Fsp3) is 0.154. The van der Waals surface area contributed by atoms with Crippen LogP contribution in [0, 0.1) is 0 Å². The number of imidazole rings is 2. The number of anilines is 6. The highest BCUT2D eigenvalue weighted by atomic mass is 15.2. The number of hydrogen-bond acceptors (Lipinski definition) is 4. The lowest BCUT2D eigenvalue weighted by molar-refractivity contribution is 0.591. The fourth-order valence-electron chi connectivity index (χ4n) is 9.61. The smallest absolute Gasteiger partial charge is 0.252 e. The van der Waals surface area contributed by atoms with E-state index in [9.17, 15) is 0 Å². The van der Waals surface area contributed by atoms with E-state index in [1.807, 2.05) is 12.7 Å². The highest BCUT2D eigenvalue weighted by Gasteiger charge is 2.46. The Labute approximate surface area is 346 Å². The summed E-state index contributed by atoms with van der Waals surface area (Å²) in [4.78, 5) is 14.8. The number of para-hydroxylation sites is 6. The molecule has 2 aromatic heterocycles.